The maximum Gasteiger partial charge on any atom is 0.268 e. The van der Waals surface area contributed by atoms with Crippen molar-refractivity contribution in [2.45, 2.75) is 33.3 Å². The molecule has 0 unspecified atom stereocenters. The van der Waals surface area contributed by atoms with Gasteiger partial charge in [-0.2, -0.15) is 0 Å². The standard InChI is InChI=1S/C20H22N2O4/c1-12-7-5-9-15(13(12)2)25-11-17(23)21-14-8-6-10-16-18(14)22-19(24)20(3,4)26-16/h5-10H,11H2,1-4H3,(H,21,23)(H,22,24). The van der Waals surface area contributed by atoms with Gasteiger partial charge in [0.2, 0.25) is 0 Å². The number of carbonyl (C=O) groups excluding carboxylic acids is 2. The van der Waals surface area contributed by atoms with Gasteiger partial charge in [0.1, 0.15) is 17.2 Å². The molecular formula is C20H22N2O4. The highest BCUT2D eigenvalue weighted by Crippen LogP contribution is 2.38. The minimum absolute atomic E-state index is 0.131. The van der Waals surface area contributed by atoms with Crippen molar-refractivity contribution in [3.63, 3.8) is 0 Å². The largest absolute Gasteiger partial charge is 0.483 e. The van der Waals surface area contributed by atoms with Gasteiger partial charge in [-0.15, -0.1) is 0 Å². The van der Waals surface area contributed by atoms with Gasteiger partial charge in [0, 0.05) is 0 Å². The third-order valence-electron chi connectivity index (χ3n) is 4.36. The van der Waals surface area contributed by atoms with Crippen molar-refractivity contribution >= 4 is 23.2 Å². The lowest BCUT2D eigenvalue weighted by Crippen LogP contribution is -2.45. The first-order valence-electron chi connectivity index (χ1n) is 8.40. The lowest BCUT2D eigenvalue weighted by atomic mass is 10.1. The van der Waals surface area contributed by atoms with Gasteiger partial charge in [-0.05, 0) is 57.0 Å². The van der Waals surface area contributed by atoms with Gasteiger partial charge >= 0.3 is 0 Å². The predicted molar refractivity (Wildman–Crippen MR) is 99.8 cm³/mol. The summed E-state index contributed by atoms with van der Waals surface area (Å²) >= 11 is 0. The minimum Gasteiger partial charge on any atom is -0.483 e. The van der Waals surface area contributed by atoms with Gasteiger partial charge < -0.3 is 20.1 Å². The van der Waals surface area contributed by atoms with Crippen LogP contribution in [0.3, 0.4) is 0 Å². The molecule has 0 atom stereocenters. The van der Waals surface area contributed by atoms with Gasteiger partial charge in [-0.1, -0.05) is 18.2 Å². The van der Waals surface area contributed by atoms with E-state index >= 15 is 0 Å². The second-order valence-corrected chi connectivity index (χ2v) is 6.78. The monoisotopic (exact) mass is 354 g/mol. The molecule has 6 nitrogen and oxygen atoms in total. The second kappa shape index (κ2) is 6.71. The molecule has 2 aromatic carbocycles. The Morgan fingerprint density at radius 3 is 2.69 bits per heavy atom. The van der Waals surface area contributed by atoms with E-state index in [0.29, 0.717) is 22.9 Å². The molecule has 136 valence electrons. The summed E-state index contributed by atoms with van der Waals surface area (Å²) in [6.07, 6.45) is 0. The predicted octanol–water partition coefficient (Wildman–Crippen LogP) is 3.43. The number of hydrogen-bond acceptors (Lipinski definition) is 4. The molecule has 2 amide bonds. The summed E-state index contributed by atoms with van der Waals surface area (Å²) < 4.78 is 11.3. The molecule has 2 N–H and O–H groups in total. The van der Waals surface area contributed by atoms with E-state index in [1.165, 1.54) is 0 Å². The highest BCUT2D eigenvalue weighted by atomic mass is 16.5. The highest BCUT2D eigenvalue weighted by Gasteiger charge is 2.36. The molecule has 0 fully saturated rings. The van der Waals surface area contributed by atoms with Crippen LogP contribution < -0.4 is 20.1 Å². The lowest BCUT2D eigenvalue weighted by Gasteiger charge is -2.32. The van der Waals surface area contributed by atoms with Crippen molar-refractivity contribution < 1.29 is 19.1 Å². The zero-order chi connectivity index (χ0) is 18.9. The van der Waals surface area contributed by atoms with E-state index in [-0.39, 0.29) is 18.4 Å². The fourth-order valence-corrected chi connectivity index (χ4v) is 2.64. The number of anilines is 2. The molecule has 1 aliphatic rings. The molecule has 0 spiro atoms. The maximum absolute atomic E-state index is 12.3. The second-order valence-electron chi connectivity index (χ2n) is 6.78. The number of rotatable bonds is 4. The Morgan fingerprint density at radius 1 is 1.19 bits per heavy atom. The zero-order valence-electron chi connectivity index (χ0n) is 15.3. The van der Waals surface area contributed by atoms with Gasteiger partial charge in [0.05, 0.1) is 5.69 Å². The van der Waals surface area contributed by atoms with E-state index in [1.54, 1.807) is 32.0 Å². The van der Waals surface area contributed by atoms with Crippen LogP contribution in [0.4, 0.5) is 11.4 Å². The average Bonchev–Trinajstić information content (AvgIpc) is 2.57. The summed E-state index contributed by atoms with van der Waals surface area (Å²) in [5.74, 6) is 0.605. The summed E-state index contributed by atoms with van der Waals surface area (Å²) in [6.45, 7) is 7.19. The van der Waals surface area contributed by atoms with Crippen LogP contribution in [0.15, 0.2) is 36.4 Å². The SMILES string of the molecule is Cc1cccc(OCC(=O)Nc2cccc3c2NC(=O)C(C)(C)O3)c1C. The molecule has 0 aromatic heterocycles. The number of fused-ring (bicyclic) bond motifs is 1. The van der Waals surface area contributed by atoms with Crippen molar-refractivity contribution in [2.24, 2.45) is 0 Å². The number of para-hydroxylation sites is 1. The van der Waals surface area contributed by atoms with Crippen LogP contribution in [-0.4, -0.2) is 24.0 Å². The minimum atomic E-state index is -0.957. The van der Waals surface area contributed by atoms with Crippen molar-refractivity contribution in [1.29, 1.82) is 0 Å². The first kappa shape index (κ1) is 17.8. The molecule has 0 aliphatic carbocycles. The number of amides is 2. The van der Waals surface area contributed by atoms with Crippen molar-refractivity contribution in [1.82, 2.24) is 0 Å². The maximum atomic E-state index is 12.3. The van der Waals surface area contributed by atoms with Crippen LogP contribution >= 0.6 is 0 Å². The van der Waals surface area contributed by atoms with E-state index in [0.717, 1.165) is 11.1 Å². The number of hydrogen-bond donors (Lipinski definition) is 2. The third-order valence-corrected chi connectivity index (χ3v) is 4.36. The van der Waals surface area contributed by atoms with Gasteiger partial charge in [0.15, 0.2) is 12.2 Å². The van der Waals surface area contributed by atoms with Gasteiger partial charge in [-0.3, -0.25) is 9.59 Å². The Labute approximate surface area is 152 Å². The van der Waals surface area contributed by atoms with Crippen LogP contribution in [-0.2, 0) is 9.59 Å². The molecule has 0 bridgehead atoms. The Hall–Kier alpha value is -3.02. The summed E-state index contributed by atoms with van der Waals surface area (Å²) in [6, 6.07) is 10.9. The van der Waals surface area contributed by atoms with E-state index in [1.807, 2.05) is 32.0 Å². The fraction of sp³-hybridized carbons (Fsp3) is 0.300. The smallest absolute Gasteiger partial charge is 0.268 e. The highest BCUT2D eigenvalue weighted by molar-refractivity contribution is 6.06. The summed E-state index contributed by atoms with van der Waals surface area (Å²) in [4.78, 5) is 24.4. The van der Waals surface area contributed by atoms with Gasteiger partial charge in [0.25, 0.3) is 11.8 Å². The molecule has 0 saturated heterocycles. The number of aryl methyl sites for hydroxylation is 1. The van der Waals surface area contributed by atoms with E-state index in [2.05, 4.69) is 10.6 Å². The number of nitrogens with one attached hydrogen (secondary N) is 2. The Morgan fingerprint density at radius 2 is 1.92 bits per heavy atom. The van der Waals surface area contributed by atoms with Crippen LogP contribution in [0.2, 0.25) is 0 Å². The van der Waals surface area contributed by atoms with Crippen LogP contribution in [0.1, 0.15) is 25.0 Å². The zero-order valence-corrected chi connectivity index (χ0v) is 15.3. The van der Waals surface area contributed by atoms with E-state index < -0.39 is 5.60 Å². The molecule has 0 radical (unpaired) electrons. The third kappa shape index (κ3) is 3.49. The molecule has 6 heteroatoms. The van der Waals surface area contributed by atoms with Crippen molar-refractivity contribution in [3.8, 4) is 11.5 Å². The Balaban J connectivity index is 1.71. The first-order chi connectivity index (χ1) is 12.3. The fourth-order valence-electron chi connectivity index (χ4n) is 2.64. The molecule has 1 heterocycles. The normalized spacial score (nSPS) is 14.7. The molecule has 26 heavy (non-hydrogen) atoms. The molecule has 1 aliphatic heterocycles. The quantitative estimate of drug-likeness (QED) is 0.882. The van der Waals surface area contributed by atoms with E-state index in [9.17, 15) is 9.59 Å². The van der Waals surface area contributed by atoms with Crippen LogP contribution in [0.5, 0.6) is 11.5 Å². The number of ether oxygens (including phenoxy) is 2. The summed E-state index contributed by atoms with van der Waals surface area (Å²) in [5.41, 5.74) is 2.07. The molecule has 0 saturated carbocycles. The molecule has 3 rings (SSSR count). The molecular weight excluding hydrogens is 332 g/mol. The van der Waals surface area contributed by atoms with Crippen LogP contribution in [0.25, 0.3) is 0 Å². The molecule has 2 aromatic rings. The lowest BCUT2D eigenvalue weighted by molar-refractivity contribution is -0.129. The van der Waals surface area contributed by atoms with Crippen molar-refractivity contribution in [2.75, 3.05) is 17.2 Å². The summed E-state index contributed by atoms with van der Waals surface area (Å²) in [7, 11) is 0. The number of carbonyl (C=O) groups is 2. The van der Waals surface area contributed by atoms with E-state index in [4.69, 9.17) is 9.47 Å². The Kier molecular flexibility index (Phi) is 4.59. The Bertz CT molecular complexity index is 874. The van der Waals surface area contributed by atoms with Gasteiger partial charge in [-0.25, -0.2) is 0 Å². The first-order valence-corrected chi connectivity index (χ1v) is 8.40. The van der Waals surface area contributed by atoms with Crippen LogP contribution in [0, 0.1) is 13.8 Å². The van der Waals surface area contributed by atoms with Crippen molar-refractivity contribution in [3.05, 3.63) is 47.5 Å². The summed E-state index contributed by atoms with van der Waals surface area (Å²) in [5, 5.41) is 5.56. The average molecular weight is 354 g/mol. The topological polar surface area (TPSA) is 76.7 Å². The number of benzene rings is 2.